The van der Waals surface area contributed by atoms with Gasteiger partial charge < -0.3 is 29.4 Å². The Morgan fingerprint density at radius 3 is 2.63 bits per heavy atom. The first kappa shape index (κ1) is 43.2. The van der Waals surface area contributed by atoms with Crippen molar-refractivity contribution in [3.63, 3.8) is 0 Å². The Hall–Kier alpha value is -5.72. The molecule has 0 radical (unpaired) electrons. The van der Waals surface area contributed by atoms with E-state index in [1.165, 1.54) is 35.0 Å². The second-order valence-corrected chi connectivity index (χ2v) is 20.6. The molecule has 3 saturated heterocycles. The lowest BCUT2D eigenvalue weighted by molar-refractivity contribution is -0.384. The third kappa shape index (κ3) is 9.12. The van der Waals surface area contributed by atoms with Gasteiger partial charge in [-0.15, -0.1) is 0 Å². The fraction of sp³-hybridized carbons (Fsp3) is 0.404. The molecule has 0 saturated carbocycles. The van der Waals surface area contributed by atoms with Crippen molar-refractivity contribution >= 4 is 61.2 Å². The van der Waals surface area contributed by atoms with Crippen LogP contribution in [0, 0.1) is 15.5 Å². The Morgan fingerprint density at radius 2 is 1.88 bits per heavy atom. The number of nitrogens with one attached hydrogen (secondary N) is 3. The topological polar surface area (TPSA) is 184 Å². The molecule has 5 aromatic rings. The number of rotatable bonds is 12. The van der Waals surface area contributed by atoms with Gasteiger partial charge in [0.25, 0.3) is 21.6 Å². The number of nitro benzene ring substituents is 1. The predicted molar refractivity (Wildman–Crippen MR) is 248 cm³/mol. The van der Waals surface area contributed by atoms with Crippen molar-refractivity contribution in [3.05, 3.63) is 111 Å². The zero-order valence-corrected chi connectivity index (χ0v) is 37.8. The molecule has 16 nitrogen and oxygen atoms in total. The number of pyridine rings is 1. The average molecular weight is 923 g/mol. The number of aromatic amines is 1. The number of allylic oxidation sites excluding steroid dienone is 1. The van der Waals surface area contributed by atoms with Gasteiger partial charge in [-0.3, -0.25) is 24.7 Å². The molecule has 0 unspecified atom stereocenters. The summed E-state index contributed by atoms with van der Waals surface area (Å²) in [5.74, 6) is -0.507. The van der Waals surface area contributed by atoms with Crippen LogP contribution >= 0.6 is 11.6 Å². The quantitative estimate of drug-likeness (QED) is 0.0828. The molecule has 1 aliphatic carbocycles. The van der Waals surface area contributed by atoms with Crippen LogP contribution in [-0.2, 0) is 14.8 Å². The molecule has 65 heavy (non-hydrogen) atoms. The van der Waals surface area contributed by atoms with Crippen molar-refractivity contribution in [2.75, 3.05) is 69.2 Å². The minimum absolute atomic E-state index is 0.0112. The van der Waals surface area contributed by atoms with Crippen LogP contribution < -0.4 is 24.4 Å². The fourth-order valence-electron chi connectivity index (χ4n) is 9.87. The number of likely N-dealkylation sites (tertiary alicyclic amines) is 1. The van der Waals surface area contributed by atoms with Gasteiger partial charge in [0.1, 0.15) is 23.8 Å². The number of carbonyl (C=O) groups is 1. The van der Waals surface area contributed by atoms with Gasteiger partial charge >= 0.3 is 0 Å². The third-order valence-corrected chi connectivity index (χ3v) is 15.0. The first-order valence-corrected chi connectivity index (χ1v) is 23.9. The molecule has 4 aliphatic heterocycles. The summed E-state index contributed by atoms with van der Waals surface area (Å²) in [6, 6.07) is 19.0. The highest BCUT2D eigenvalue weighted by atomic mass is 35.5. The van der Waals surface area contributed by atoms with E-state index in [1.807, 2.05) is 18.2 Å². The van der Waals surface area contributed by atoms with E-state index in [9.17, 15) is 23.3 Å². The number of sulfonamides is 1. The van der Waals surface area contributed by atoms with E-state index in [0.29, 0.717) is 43.7 Å². The van der Waals surface area contributed by atoms with E-state index >= 15 is 0 Å². The Balaban J connectivity index is 0.872. The number of fused-ring (bicyclic) bond motifs is 4. The number of piperazine rings is 1. The van der Waals surface area contributed by atoms with Crippen LogP contribution in [0.25, 0.3) is 16.6 Å². The minimum Gasteiger partial charge on any atom is -0.489 e. The number of H-pyrrole nitrogens is 1. The average Bonchev–Trinajstić information content (AvgIpc) is 4.05. The highest BCUT2D eigenvalue weighted by Crippen LogP contribution is 2.44. The standard InChI is InChI=1S/C47H51ClN8O8S/c1-47(2)11-9-31(40(22-47)29-3-5-32(48)6-4-29)24-53-13-15-54(16-14-53)34-7-8-39(42(19-34)64-36-17-30-10-12-49-45(30)50-23-36)46(57)52-65(60,61)38-20-41(56(58)59)44-43(21-38)63-27-33(51-44)25-55-26-37-18-35(55)28-62-37/h3-8,10,12,17,19-21,23,33,35,37,51H,9,11,13-16,18,22,24-28H2,1-2H3,(H,49,50)(H,52,57)/t33-,35-,37-/m1/s1. The number of halogens is 1. The van der Waals surface area contributed by atoms with Crippen LogP contribution in [0.1, 0.15) is 55.5 Å². The van der Waals surface area contributed by atoms with E-state index in [-0.39, 0.29) is 46.9 Å². The molecular weight excluding hydrogens is 872 g/mol. The summed E-state index contributed by atoms with van der Waals surface area (Å²) in [6.45, 7) is 10.8. The molecule has 3 atom stereocenters. The van der Waals surface area contributed by atoms with Crippen LogP contribution in [0.5, 0.6) is 17.2 Å². The SMILES string of the molecule is CC1(C)CCC(CN2CCN(c3ccc(C(=O)NS(=O)(=O)c4cc5c(c([N+](=O)[O-])c4)N[C@H](CN4C[C@H]6C[C@@H]4CO6)CO5)c(Oc4cnc5[nH]ccc5c4)c3)CC2)=C(c2ccc(Cl)cc2)C1. The zero-order chi connectivity index (χ0) is 45.0. The Labute approximate surface area is 382 Å². The van der Waals surface area contributed by atoms with Crippen molar-refractivity contribution in [2.45, 2.75) is 62.6 Å². The number of nitrogens with zero attached hydrogens (tertiary/aromatic N) is 5. The molecule has 6 heterocycles. The normalized spacial score (nSPS) is 22.1. The van der Waals surface area contributed by atoms with Gasteiger partial charge in [-0.05, 0) is 78.6 Å². The van der Waals surface area contributed by atoms with Gasteiger partial charge in [-0.1, -0.05) is 43.2 Å². The number of ether oxygens (including phenoxy) is 3. The second kappa shape index (κ2) is 17.3. The maximum absolute atomic E-state index is 14.1. The molecule has 10 rings (SSSR count). The molecule has 5 aliphatic rings. The highest BCUT2D eigenvalue weighted by molar-refractivity contribution is 7.90. The maximum atomic E-state index is 14.1. The summed E-state index contributed by atoms with van der Waals surface area (Å²) in [4.78, 5) is 39.8. The maximum Gasteiger partial charge on any atom is 0.297 e. The number of amides is 1. The number of hydrogen-bond acceptors (Lipinski definition) is 13. The summed E-state index contributed by atoms with van der Waals surface area (Å²) in [6.07, 6.45) is 7.62. The molecule has 0 spiro atoms. The van der Waals surface area contributed by atoms with Crippen molar-refractivity contribution in [1.82, 2.24) is 24.5 Å². The Bertz CT molecular complexity index is 2810. The van der Waals surface area contributed by atoms with Gasteiger partial charge in [0, 0.05) is 92.3 Å². The van der Waals surface area contributed by atoms with Gasteiger partial charge in [0.2, 0.25) is 0 Å². The Kier molecular flexibility index (Phi) is 11.5. The molecule has 2 bridgehead atoms. The largest absolute Gasteiger partial charge is 0.489 e. The number of aromatic nitrogens is 2. The summed E-state index contributed by atoms with van der Waals surface area (Å²) in [5.41, 5.74) is 5.33. The number of hydrogen-bond donors (Lipinski definition) is 3. The van der Waals surface area contributed by atoms with Gasteiger partial charge in [0.15, 0.2) is 11.4 Å². The lowest BCUT2D eigenvalue weighted by atomic mass is 9.72. The van der Waals surface area contributed by atoms with Gasteiger partial charge in [-0.2, -0.15) is 0 Å². The van der Waals surface area contributed by atoms with Crippen molar-refractivity contribution < 1.29 is 32.3 Å². The monoisotopic (exact) mass is 922 g/mol. The predicted octanol–water partition coefficient (Wildman–Crippen LogP) is 7.47. The zero-order valence-electron chi connectivity index (χ0n) is 36.2. The third-order valence-electron chi connectivity index (χ3n) is 13.4. The fourth-order valence-corrected chi connectivity index (χ4v) is 11.0. The van der Waals surface area contributed by atoms with Crippen LogP contribution in [-0.4, -0.2) is 116 Å². The summed E-state index contributed by atoms with van der Waals surface area (Å²) in [7, 11) is -4.66. The highest BCUT2D eigenvalue weighted by Gasteiger charge is 2.41. The summed E-state index contributed by atoms with van der Waals surface area (Å²) >= 11 is 6.25. The van der Waals surface area contributed by atoms with Crippen LogP contribution in [0.2, 0.25) is 5.02 Å². The molecule has 340 valence electrons. The first-order chi connectivity index (χ1) is 31.2. The van der Waals surface area contributed by atoms with Crippen molar-refractivity contribution in [2.24, 2.45) is 5.41 Å². The summed E-state index contributed by atoms with van der Waals surface area (Å²) < 4.78 is 48.0. The molecule has 3 aromatic carbocycles. The van der Waals surface area contributed by atoms with Crippen LogP contribution in [0.3, 0.4) is 0 Å². The first-order valence-electron chi connectivity index (χ1n) is 22.1. The molecule has 1 amide bonds. The number of nitro groups is 1. The lowest BCUT2D eigenvalue weighted by Gasteiger charge is -2.39. The number of carbonyl (C=O) groups excluding carboxylic acids is 1. The van der Waals surface area contributed by atoms with Crippen molar-refractivity contribution in [1.29, 1.82) is 0 Å². The van der Waals surface area contributed by atoms with E-state index in [2.05, 4.69) is 60.7 Å². The molecular formula is C47H51ClN8O8S. The Morgan fingerprint density at radius 1 is 1.06 bits per heavy atom. The van der Waals surface area contributed by atoms with Crippen LogP contribution in [0.15, 0.2) is 89.6 Å². The van der Waals surface area contributed by atoms with Crippen LogP contribution in [0.4, 0.5) is 17.1 Å². The minimum atomic E-state index is -4.66. The number of morpholine rings is 1. The number of benzene rings is 3. The van der Waals surface area contributed by atoms with Crippen molar-refractivity contribution in [3.8, 4) is 17.2 Å². The van der Waals surface area contributed by atoms with E-state index in [4.69, 9.17) is 25.8 Å². The smallest absolute Gasteiger partial charge is 0.297 e. The second-order valence-electron chi connectivity index (χ2n) is 18.5. The molecule has 18 heteroatoms. The van der Waals surface area contributed by atoms with Gasteiger partial charge in [-0.25, -0.2) is 18.1 Å². The number of anilines is 2. The summed E-state index contributed by atoms with van der Waals surface area (Å²) in [5, 5.41) is 17.1. The molecule has 3 N–H and O–H groups in total. The molecule has 2 aromatic heterocycles. The molecule has 3 fully saturated rings. The van der Waals surface area contributed by atoms with E-state index in [0.717, 1.165) is 74.0 Å². The lowest BCUT2D eigenvalue weighted by Crippen LogP contribution is -2.47. The van der Waals surface area contributed by atoms with E-state index < -0.39 is 31.4 Å². The van der Waals surface area contributed by atoms with Gasteiger partial charge in [0.05, 0.1) is 40.3 Å². The van der Waals surface area contributed by atoms with E-state index in [1.54, 1.807) is 24.4 Å².